The number of fused-ring (bicyclic) bond motifs is 1. The Labute approximate surface area is 187 Å². The van der Waals surface area contributed by atoms with Crippen molar-refractivity contribution in [2.24, 2.45) is 5.10 Å². The molecule has 4 rings (SSSR count). The number of alkyl halides is 3. The Bertz CT molecular complexity index is 1310. The van der Waals surface area contributed by atoms with Gasteiger partial charge >= 0.3 is 6.18 Å². The molecule has 0 aliphatic heterocycles. The van der Waals surface area contributed by atoms with Crippen LogP contribution < -0.4 is 10.7 Å². The fourth-order valence-electron chi connectivity index (χ4n) is 3.38. The summed E-state index contributed by atoms with van der Waals surface area (Å²) < 4.78 is 39.8. The number of aryl methyl sites for hydroxylation is 1. The van der Waals surface area contributed by atoms with Crippen molar-refractivity contribution in [3.63, 3.8) is 0 Å². The summed E-state index contributed by atoms with van der Waals surface area (Å²) in [6.07, 6.45) is -0.360. The number of carbonyl (C=O) groups excluding carboxylic acids is 1. The normalized spacial score (nSPS) is 11.8. The smallest absolute Gasteiger partial charge is 0.337 e. The molecule has 2 N–H and O–H groups in total. The number of pyridine rings is 1. The highest BCUT2D eigenvalue weighted by molar-refractivity contribution is 6.00. The van der Waals surface area contributed by atoms with Crippen LogP contribution in [0.5, 0.6) is 0 Å². The number of hydrogen-bond donors (Lipinski definition) is 2. The Balaban J connectivity index is 1.49. The minimum atomic E-state index is -4.44. The van der Waals surface area contributed by atoms with E-state index in [2.05, 4.69) is 20.8 Å². The molecule has 0 atom stereocenters. The van der Waals surface area contributed by atoms with E-state index in [1.807, 2.05) is 60.0 Å². The van der Waals surface area contributed by atoms with Gasteiger partial charge in [-0.2, -0.15) is 18.3 Å². The minimum Gasteiger partial charge on any atom is -0.337 e. The van der Waals surface area contributed by atoms with Gasteiger partial charge in [0, 0.05) is 34.5 Å². The number of hydrogen-bond acceptors (Lipinski definition) is 4. The molecule has 0 saturated carbocycles. The molecule has 2 aromatic carbocycles. The highest BCUT2D eigenvalue weighted by Crippen LogP contribution is 2.28. The number of carbonyl (C=O) groups is 1. The number of amides is 1. The number of hydrazone groups is 1. The molecule has 168 valence electrons. The van der Waals surface area contributed by atoms with Gasteiger partial charge in [-0.1, -0.05) is 30.3 Å². The van der Waals surface area contributed by atoms with Crippen LogP contribution >= 0.6 is 0 Å². The summed E-state index contributed by atoms with van der Waals surface area (Å²) in [5.74, 6) is 0.0115. The highest BCUT2D eigenvalue weighted by Gasteiger charge is 2.30. The lowest BCUT2D eigenvalue weighted by Crippen LogP contribution is -2.18. The topological polar surface area (TPSA) is 71.3 Å². The fourth-order valence-corrected chi connectivity index (χ4v) is 3.38. The van der Waals surface area contributed by atoms with E-state index < -0.39 is 11.7 Å². The standard InChI is InChI=1S/C24H20F3N5O/c1-16-5-4-6-19(11-16)30-23(33)15-32-14-17(20-7-2-3-8-21(20)32)12-29-31-22-10-9-18(13-28-22)24(25,26)27/h2-14H,15H2,1H3,(H,28,31)(H,30,33)/b29-12-. The second-order valence-electron chi connectivity index (χ2n) is 7.45. The van der Waals surface area contributed by atoms with Gasteiger partial charge < -0.3 is 9.88 Å². The molecule has 0 aliphatic rings. The third-order valence-corrected chi connectivity index (χ3v) is 4.91. The minimum absolute atomic E-state index is 0.107. The Morgan fingerprint density at radius 1 is 1.12 bits per heavy atom. The fraction of sp³-hybridized carbons (Fsp3) is 0.125. The van der Waals surface area contributed by atoms with Gasteiger partial charge in [-0.3, -0.25) is 10.2 Å². The number of para-hydroxylation sites is 1. The molecule has 0 bridgehead atoms. The zero-order valence-electron chi connectivity index (χ0n) is 17.6. The van der Waals surface area contributed by atoms with Gasteiger partial charge in [0.05, 0.1) is 11.8 Å². The number of benzene rings is 2. The van der Waals surface area contributed by atoms with Crippen molar-refractivity contribution < 1.29 is 18.0 Å². The first-order chi connectivity index (χ1) is 15.8. The number of nitrogens with one attached hydrogen (secondary N) is 2. The quantitative estimate of drug-likeness (QED) is 0.303. The maximum Gasteiger partial charge on any atom is 0.417 e. The summed E-state index contributed by atoms with van der Waals surface area (Å²) in [5, 5.41) is 7.86. The van der Waals surface area contributed by atoms with Crippen molar-refractivity contribution in [2.75, 3.05) is 10.7 Å². The van der Waals surface area contributed by atoms with Gasteiger partial charge in [0.1, 0.15) is 12.4 Å². The summed E-state index contributed by atoms with van der Waals surface area (Å²) in [4.78, 5) is 16.3. The maximum absolute atomic E-state index is 12.7. The van der Waals surface area contributed by atoms with Crippen molar-refractivity contribution in [2.45, 2.75) is 19.6 Å². The van der Waals surface area contributed by atoms with Crippen molar-refractivity contribution in [3.05, 3.63) is 89.7 Å². The van der Waals surface area contributed by atoms with E-state index in [0.29, 0.717) is 0 Å². The first-order valence-electron chi connectivity index (χ1n) is 10.1. The van der Waals surface area contributed by atoms with Crippen molar-refractivity contribution in [3.8, 4) is 0 Å². The van der Waals surface area contributed by atoms with E-state index >= 15 is 0 Å². The first-order valence-corrected chi connectivity index (χ1v) is 10.1. The van der Waals surface area contributed by atoms with Crippen LogP contribution in [0.1, 0.15) is 16.7 Å². The lowest BCUT2D eigenvalue weighted by atomic mass is 10.2. The maximum atomic E-state index is 12.7. The number of anilines is 2. The molecule has 0 saturated heterocycles. The Morgan fingerprint density at radius 2 is 1.94 bits per heavy atom. The lowest BCUT2D eigenvalue weighted by Gasteiger charge is -2.08. The lowest BCUT2D eigenvalue weighted by molar-refractivity contribution is -0.137. The third-order valence-electron chi connectivity index (χ3n) is 4.91. The number of aromatic nitrogens is 2. The number of nitrogens with zero attached hydrogens (tertiary/aromatic N) is 3. The van der Waals surface area contributed by atoms with E-state index in [1.54, 1.807) is 6.20 Å². The van der Waals surface area contributed by atoms with Crippen LogP contribution in [-0.4, -0.2) is 21.7 Å². The van der Waals surface area contributed by atoms with Crippen LogP contribution in [-0.2, 0) is 17.5 Å². The van der Waals surface area contributed by atoms with Crippen LogP contribution in [0.2, 0.25) is 0 Å². The largest absolute Gasteiger partial charge is 0.417 e. The highest BCUT2D eigenvalue weighted by atomic mass is 19.4. The Morgan fingerprint density at radius 3 is 2.67 bits per heavy atom. The summed E-state index contributed by atoms with van der Waals surface area (Å²) >= 11 is 0. The number of rotatable bonds is 6. The molecule has 4 aromatic rings. The van der Waals surface area contributed by atoms with Crippen LogP contribution in [0.4, 0.5) is 24.7 Å². The molecule has 33 heavy (non-hydrogen) atoms. The Hall–Kier alpha value is -4.14. The van der Waals surface area contributed by atoms with E-state index in [0.717, 1.165) is 40.0 Å². The van der Waals surface area contributed by atoms with Crippen LogP contribution in [0.25, 0.3) is 10.9 Å². The predicted octanol–water partition coefficient (Wildman–Crippen LogP) is 5.45. The van der Waals surface area contributed by atoms with Gasteiger partial charge in [0.2, 0.25) is 5.91 Å². The molecule has 1 amide bonds. The molecule has 6 nitrogen and oxygen atoms in total. The molecule has 2 aromatic heterocycles. The molecular weight excluding hydrogens is 431 g/mol. The second kappa shape index (κ2) is 9.15. The summed E-state index contributed by atoms with van der Waals surface area (Å²) in [6.45, 7) is 2.06. The monoisotopic (exact) mass is 451 g/mol. The van der Waals surface area contributed by atoms with Gasteiger partial charge in [0.15, 0.2) is 0 Å². The predicted molar refractivity (Wildman–Crippen MR) is 122 cm³/mol. The summed E-state index contributed by atoms with van der Waals surface area (Å²) in [7, 11) is 0. The molecule has 0 radical (unpaired) electrons. The van der Waals surface area contributed by atoms with Gasteiger partial charge in [-0.15, -0.1) is 0 Å². The Kier molecular flexibility index (Phi) is 6.12. The second-order valence-corrected chi connectivity index (χ2v) is 7.45. The van der Waals surface area contributed by atoms with Crippen LogP contribution in [0, 0.1) is 6.92 Å². The zero-order chi connectivity index (χ0) is 23.4. The molecular formula is C24H20F3N5O. The summed E-state index contributed by atoms with van der Waals surface area (Å²) in [5.41, 5.74) is 5.17. The number of halogens is 3. The van der Waals surface area contributed by atoms with Crippen molar-refractivity contribution in [1.82, 2.24) is 9.55 Å². The zero-order valence-corrected chi connectivity index (χ0v) is 17.6. The molecule has 9 heteroatoms. The van der Waals surface area contributed by atoms with Crippen LogP contribution in [0.3, 0.4) is 0 Å². The molecule has 0 spiro atoms. The van der Waals surface area contributed by atoms with E-state index in [4.69, 9.17) is 0 Å². The van der Waals surface area contributed by atoms with Gasteiger partial charge in [0.25, 0.3) is 0 Å². The van der Waals surface area contributed by atoms with Crippen molar-refractivity contribution >= 4 is 34.5 Å². The van der Waals surface area contributed by atoms with E-state index in [1.165, 1.54) is 12.3 Å². The van der Waals surface area contributed by atoms with Crippen LogP contribution in [0.15, 0.2) is 78.2 Å². The van der Waals surface area contributed by atoms with E-state index in [9.17, 15) is 18.0 Å². The first kappa shape index (κ1) is 22.1. The molecule has 2 heterocycles. The van der Waals surface area contributed by atoms with Crippen molar-refractivity contribution in [1.29, 1.82) is 0 Å². The average molecular weight is 451 g/mol. The molecule has 0 aliphatic carbocycles. The third kappa shape index (κ3) is 5.38. The average Bonchev–Trinajstić information content (AvgIpc) is 3.11. The molecule has 0 unspecified atom stereocenters. The molecule has 0 fully saturated rings. The van der Waals surface area contributed by atoms with Gasteiger partial charge in [-0.05, 0) is 42.8 Å². The SMILES string of the molecule is Cc1cccc(NC(=O)Cn2cc(/C=N\Nc3ccc(C(F)(F)F)cn3)c3ccccc32)c1. The van der Waals surface area contributed by atoms with Gasteiger partial charge in [-0.25, -0.2) is 4.98 Å². The summed E-state index contributed by atoms with van der Waals surface area (Å²) in [6, 6.07) is 17.3. The van der Waals surface area contributed by atoms with E-state index in [-0.39, 0.29) is 18.3 Å².